The van der Waals surface area contributed by atoms with Gasteiger partial charge in [-0.2, -0.15) is 0 Å². The Balaban J connectivity index is 1.85. The molecule has 2 N–H and O–H groups in total. The van der Waals surface area contributed by atoms with E-state index in [2.05, 4.69) is 15.2 Å². The Morgan fingerprint density at radius 2 is 2.00 bits per heavy atom. The number of H-pyrrole nitrogens is 1. The molecule has 0 aliphatic rings. The summed E-state index contributed by atoms with van der Waals surface area (Å²) in [5.74, 6) is -0.692. The molecular weight excluding hydrogens is 310 g/mol. The van der Waals surface area contributed by atoms with Crippen molar-refractivity contribution in [2.75, 3.05) is 0 Å². The van der Waals surface area contributed by atoms with Crippen LogP contribution in [0, 0.1) is 0 Å². The maximum atomic E-state index is 11.6. The first kappa shape index (κ1) is 15.7. The van der Waals surface area contributed by atoms with Crippen LogP contribution in [-0.4, -0.2) is 26.3 Å². The molecule has 0 aliphatic heterocycles. The van der Waals surface area contributed by atoms with E-state index in [4.69, 9.17) is 9.52 Å². The van der Waals surface area contributed by atoms with E-state index in [0.717, 1.165) is 18.1 Å². The summed E-state index contributed by atoms with van der Waals surface area (Å²) in [5.41, 5.74) is 0.657. The van der Waals surface area contributed by atoms with Gasteiger partial charge in [0.25, 0.3) is 5.89 Å². The van der Waals surface area contributed by atoms with Crippen LogP contribution in [0.15, 0.2) is 51.7 Å². The first-order chi connectivity index (χ1) is 11.5. The van der Waals surface area contributed by atoms with Gasteiger partial charge < -0.3 is 14.5 Å². The fourth-order valence-electron chi connectivity index (χ4n) is 2.38. The van der Waals surface area contributed by atoms with E-state index in [1.54, 1.807) is 0 Å². The van der Waals surface area contributed by atoms with Gasteiger partial charge in [0.1, 0.15) is 5.69 Å². The minimum absolute atomic E-state index is 0.0111. The summed E-state index contributed by atoms with van der Waals surface area (Å²) in [4.78, 5) is 25.1. The van der Waals surface area contributed by atoms with Crippen molar-refractivity contribution in [1.29, 1.82) is 0 Å². The first-order valence-corrected chi connectivity index (χ1v) is 7.38. The number of carboxylic acids is 1. The molecule has 1 atom stereocenters. The summed E-state index contributed by atoms with van der Waals surface area (Å²) < 4.78 is 5.61. The van der Waals surface area contributed by atoms with E-state index in [9.17, 15) is 9.59 Å². The summed E-state index contributed by atoms with van der Waals surface area (Å²) in [6, 6.07) is 12.2. The van der Waals surface area contributed by atoms with Crippen LogP contribution in [0.4, 0.5) is 0 Å². The van der Waals surface area contributed by atoms with E-state index in [-0.39, 0.29) is 23.1 Å². The van der Waals surface area contributed by atoms with Crippen LogP contribution >= 0.6 is 0 Å². The van der Waals surface area contributed by atoms with Crippen molar-refractivity contribution in [3.05, 3.63) is 69.8 Å². The zero-order valence-corrected chi connectivity index (χ0v) is 12.9. The summed E-state index contributed by atoms with van der Waals surface area (Å²) >= 11 is 0. The summed E-state index contributed by atoms with van der Waals surface area (Å²) in [6.07, 6.45) is 0.730. The Morgan fingerprint density at radius 1 is 1.25 bits per heavy atom. The number of nitrogens with zero attached hydrogens (tertiary/aromatic N) is 2. The van der Waals surface area contributed by atoms with Crippen molar-refractivity contribution < 1.29 is 14.3 Å². The number of nitrogens with one attached hydrogen (secondary N) is 1. The number of hydrogen-bond acceptors (Lipinski definition) is 5. The van der Waals surface area contributed by atoms with Crippen molar-refractivity contribution in [3.8, 4) is 11.6 Å². The maximum absolute atomic E-state index is 11.6. The monoisotopic (exact) mass is 325 g/mol. The molecule has 3 rings (SSSR count). The third-order valence-electron chi connectivity index (χ3n) is 3.57. The molecule has 7 nitrogen and oxygen atoms in total. The highest BCUT2D eigenvalue weighted by Crippen LogP contribution is 2.23. The topological polar surface area (TPSA) is 109 Å². The van der Waals surface area contributed by atoms with Gasteiger partial charge in [0, 0.05) is 12.0 Å². The lowest BCUT2D eigenvalue weighted by Gasteiger charge is -2.06. The van der Waals surface area contributed by atoms with Crippen molar-refractivity contribution in [1.82, 2.24) is 15.2 Å². The number of carbonyl (C=O) groups is 1. The van der Waals surface area contributed by atoms with Gasteiger partial charge in [-0.05, 0) is 18.1 Å². The maximum Gasteiger partial charge on any atom is 0.335 e. The predicted octanol–water partition coefficient (Wildman–Crippen LogP) is 2.47. The number of aromatic nitrogens is 3. The Kier molecular flexibility index (Phi) is 4.24. The van der Waals surface area contributed by atoms with Crippen molar-refractivity contribution in [2.45, 2.75) is 19.3 Å². The molecule has 1 aromatic carbocycles. The molecule has 0 unspecified atom stereocenters. The van der Waals surface area contributed by atoms with E-state index in [1.165, 1.54) is 6.07 Å². The van der Waals surface area contributed by atoms with E-state index >= 15 is 0 Å². The number of benzene rings is 1. The molecule has 0 aliphatic carbocycles. The minimum Gasteiger partial charge on any atom is -0.478 e. The summed E-state index contributed by atoms with van der Waals surface area (Å²) in [5, 5.41) is 16.9. The van der Waals surface area contributed by atoms with Crippen LogP contribution in [0.5, 0.6) is 0 Å². The van der Waals surface area contributed by atoms with Gasteiger partial charge >= 0.3 is 5.97 Å². The molecule has 0 saturated carbocycles. The van der Waals surface area contributed by atoms with Gasteiger partial charge in [-0.15, -0.1) is 10.2 Å². The second-order valence-electron chi connectivity index (χ2n) is 5.49. The lowest BCUT2D eigenvalue weighted by atomic mass is 10.0. The Bertz CT molecular complexity index is 915. The summed E-state index contributed by atoms with van der Waals surface area (Å²) in [6.45, 7) is 1.96. The second kappa shape index (κ2) is 6.49. The zero-order chi connectivity index (χ0) is 17.1. The van der Waals surface area contributed by atoms with Crippen molar-refractivity contribution in [2.24, 2.45) is 0 Å². The molecule has 7 heteroatoms. The molecule has 0 spiro atoms. The van der Waals surface area contributed by atoms with Crippen molar-refractivity contribution >= 4 is 5.97 Å². The van der Waals surface area contributed by atoms with Crippen LogP contribution in [-0.2, 0) is 6.42 Å². The van der Waals surface area contributed by atoms with Crippen molar-refractivity contribution in [3.63, 3.8) is 0 Å². The van der Waals surface area contributed by atoms with Gasteiger partial charge in [-0.25, -0.2) is 4.79 Å². The zero-order valence-electron chi connectivity index (χ0n) is 12.9. The first-order valence-electron chi connectivity index (χ1n) is 7.38. The third-order valence-corrected chi connectivity index (χ3v) is 3.57. The number of aromatic carboxylic acids is 1. The fraction of sp³-hybridized carbons (Fsp3) is 0.176. The van der Waals surface area contributed by atoms with Crippen LogP contribution in [0.2, 0.25) is 0 Å². The van der Waals surface area contributed by atoms with Gasteiger partial charge in [0.05, 0.1) is 5.56 Å². The Hall–Kier alpha value is -3.22. The predicted molar refractivity (Wildman–Crippen MR) is 85.9 cm³/mol. The second-order valence-corrected chi connectivity index (χ2v) is 5.49. The van der Waals surface area contributed by atoms with Gasteiger partial charge in [-0.1, -0.05) is 37.3 Å². The molecule has 24 heavy (non-hydrogen) atoms. The van der Waals surface area contributed by atoms with Gasteiger partial charge in [-0.3, -0.25) is 4.79 Å². The standard InChI is InChI=1S/C17H15N3O4/c1-10(7-11-5-3-2-4-6-11)15-19-20-16(24-15)13-8-12(17(22)23)9-14(21)18-13/h2-6,8-10H,7H2,1H3,(H,18,21)(H,22,23)/t10-/m0/s1. The SMILES string of the molecule is C[C@@H](Cc1ccccc1)c1nnc(-c2cc(C(=O)O)cc(=O)[nH]2)o1. The quantitative estimate of drug-likeness (QED) is 0.746. The molecule has 0 fully saturated rings. The highest BCUT2D eigenvalue weighted by atomic mass is 16.4. The molecule has 0 radical (unpaired) electrons. The molecular formula is C17H15N3O4. The summed E-state index contributed by atoms with van der Waals surface area (Å²) in [7, 11) is 0. The molecule has 2 heterocycles. The average molecular weight is 325 g/mol. The van der Waals surface area contributed by atoms with Crippen LogP contribution < -0.4 is 5.56 Å². The van der Waals surface area contributed by atoms with Crippen LogP contribution in [0.25, 0.3) is 11.6 Å². The molecule has 122 valence electrons. The van der Waals surface area contributed by atoms with Crippen LogP contribution in [0.1, 0.15) is 34.7 Å². The highest BCUT2D eigenvalue weighted by molar-refractivity contribution is 5.88. The fourth-order valence-corrected chi connectivity index (χ4v) is 2.38. The van der Waals surface area contributed by atoms with Gasteiger partial charge in [0.2, 0.25) is 11.4 Å². The van der Waals surface area contributed by atoms with Gasteiger partial charge in [0.15, 0.2) is 0 Å². The smallest absolute Gasteiger partial charge is 0.335 e. The molecule has 0 saturated heterocycles. The molecule has 2 aromatic heterocycles. The lowest BCUT2D eigenvalue weighted by molar-refractivity contribution is 0.0696. The number of carboxylic acid groups (broad SMARTS) is 1. The number of aromatic amines is 1. The number of rotatable bonds is 5. The largest absolute Gasteiger partial charge is 0.478 e. The number of pyridine rings is 1. The van der Waals surface area contributed by atoms with E-state index < -0.39 is 11.5 Å². The average Bonchev–Trinajstić information content (AvgIpc) is 3.05. The molecule has 0 bridgehead atoms. The molecule has 3 aromatic rings. The molecule has 0 amide bonds. The van der Waals surface area contributed by atoms with E-state index in [0.29, 0.717) is 5.89 Å². The van der Waals surface area contributed by atoms with E-state index in [1.807, 2.05) is 37.3 Å². The number of hydrogen-bond donors (Lipinski definition) is 2. The normalized spacial score (nSPS) is 12.0. The lowest BCUT2D eigenvalue weighted by Crippen LogP contribution is -2.10. The Morgan fingerprint density at radius 3 is 2.71 bits per heavy atom. The Labute approximate surface area is 137 Å². The minimum atomic E-state index is -1.19. The van der Waals surface area contributed by atoms with Crippen LogP contribution in [0.3, 0.4) is 0 Å². The third kappa shape index (κ3) is 3.40. The highest BCUT2D eigenvalue weighted by Gasteiger charge is 2.17.